The van der Waals surface area contributed by atoms with Gasteiger partial charge in [-0.05, 0) is 63.9 Å². The number of ether oxygens (including phenoxy) is 1. The molecule has 1 fully saturated rings. The zero-order valence-corrected chi connectivity index (χ0v) is 19.9. The summed E-state index contributed by atoms with van der Waals surface area (Å²) in [6, 6.07) is 6.43. The number of halogens is 2. The highest BCUT2D eigenvalue weighted by Gasteiger charge is 2.17. The van der Waals surface area contributed by atoms with Crippen LogP contribution in [0, 0.1) is 5.82 Å². The Morgan fingerprint density at radius 1 is 1.31 bits per heavy atom. The van der Waals surface area contributed by atoms with Crippen LogP contribution in [0.5, 0.6) is 5.75 Å². The maximum atomic E-state index is 12.9. The fraction of sp³-hybridized carbons (Fsp3) is 0.667. The van der Waals surface area contributed by atoms with E-state index in [0.29, 0.717) is 17.8 Å². The summed E-state index contributed by atoms with van der Waals surface area (Å²) in [5, 5.41) is 16.6. The van der Waals surface area contributed by atoms with Crippen LogP contribution in [0.25, 0.3) is 0 Å². The minimum absolute atomic E-state index is 0. The fourth-order valence-corrected chi connectivity index (χ4v) is 3.29. The van der Waals surface area contributed by atoms with Crippen molar-refractivity contribution in [3.05, 3.63) is 30.1 Å². The van der Waals surface area contributed by atoms with Crippen molar-refractivity contribution in [1.82, 2.24) is 15.5 Å². The molecule has 2 unspecified atom stereocenters. The van der Waals surface area contributed by atoms with Gasteiger partial charge in [0.1, 0.15) is 24.3 Å². The van der Waals surface area contributed by atoms with Crippen molar-refractivity contribution < 1.29 is 14.2 Å². The van der Waals surface area contributed by atoms with Gasteiger partial charge in [0.15, 0.2) is 5.96 Å². The first-order valence-electron chi connectivity index (χ1n) is 10.4. The summed E-state index contributed by atoms with van der Waals surface area (Å²) < 4.78 is 18.3. The fourth-order valence-electron chi connectivity index (χ4n) is 3.29. The number of hydrogen-bond donors (Lipinski definition) is 3. The molecule has 1 aliphatic rings. The Morgan fingerprint density at radius 2 is 2.07 bits per heavy atom. The zero-order valence-electron chi connectivity index (χ0n) is 17.6. The lowest BCUT2D eigenvalue weighted by Crippen LogP contribution is -2.41. The number of guanidine groups is 1. The van der Waals surface area contributed by atoms with Gasteiger partial charge in [-0.2, -0.15) is 0 Å². The third-order valence-corrected chi connectivity index (χ3v) is 4.92. The van der Waals surface area contributed by atoms with E-state index in [4.69, 9.17) is 4.74 Å². The van der Waals surface area contributed by atoms with Gasteiger partial charge in [-0.1, -0.05) is 6.42 Å². The molecule has 0 saturated carbocycles. The van der Waals surface area contributed by atoms with Crippen molar-refractivity contribution >= 4 is 29.9 Å². The molecule has 1 aromatic carbocycles. The van der Waals surface area contributed by atoms with E-state index in [9.17, 15) is 9.50 Å². The molecule has 166 valence electrons. The zero-order chi connectivity index (χ0) is 20.2. The first-order chi connectivity index (χ1) is 13.6. The van der Waals surface area contributed by atoms with E-state index in [0.717, 1.165) is 26.1 Å². The van der Waals surface area contributed by atoms with Crippen molar-refractivity contribution in [2.45, 2.75) is 51.7 Å². The quantitative estimate of drug-likeness (QED) is 0.191. The van der Waals surface area contributed by atoms with Gasteiger partial charge in [-0.25, -0.2) is 4.39 Å². The molecule has 3 N–H and O–H groups in total. The highest BCUT2D eigenvalue weighted by molar-refractivity contribution is 14.0. The number of aliphatic hydroxyl groups is 1. The van der Waals surface area contributed by atoms with Crippen LogP contribution in [0.15, 0.2) is 29.3 Å². The number of aliphatic imine (C=N–C) groups is 1. The predicted octanol–water partition coefficient (Wildman–Crippen LogP) is 3.00. The topological polar surface area (TPSA) is 69.1 Å². The van der Waals surface area contributed by atoms with Crippen molar-refractivity contribution in [2.75, 3.05) is 39.3 Å². The van der Waals surface area contributed by atoms with Crippen LogP contribution in [-0.2, 0) is 0 Å². The van der Waals surface area contributed by atoms with Gasteiger partial charge in [0.25, 0.3) is 0 Å². The van der Waals surface area contributed by atoms with Gasteiger partial charge >= 0.3 is 0 Å². The number of rotatable bonds is 10. The molecular formula is C21H36FIN4O2. The van der Waals surface area contributed by atoms with Crippen molar-refractivity contribution in [2.24, 2.45) is 4.99 Å². The Balaban J connectivity index is 0.00000420. The van der Waals surface area contributed by atoms with E-state index >= 15 is 0 Å². The standard InChI is InChI=1S/C21H35FN4O2.HI/c1-3-23-21(24-12-6-14-26-13-5-4-7-17(26)2)25-15-19(27)16-28-20-10-8-18(22)9-11-20;/h8-11,17,19,27H,3-7,12-16H2,1-2H3,(H2,23,24,25);1H. The van der Waals surface area contributed by atoms with E-state index in [1.54, 1.807) is 12.1 Å². The molecule has 0 aliphatic carbocycles. The molecule has 0 amide bonds. The van der Waals surface area contributed by atoms with Crippen LogP contribution in [0.2, 0.25) is 0 Å². The number of piperidine rings is 1. The Hall–Kier alpha value is -1.13. The molecule has 0 radical (unpaired) electrons. The number of nitrogens with one attached hydrogen (secondary N) is 2. The molecular weight excluding hydrogens is 486 g/mol. The van der Waals surface area contributed by atoms with Crippen LogP contribution in [0.4, 0.5) is 4.39 Å². The molecule has 8 heteroatoms. The van der Waals surface area contributed by atoms with Crippen molar-refractivity contribution in [1.29, 1.82) is 0 Å². The Labute approximate surface area is 191 Å². The highest BCUT2D eigenvalue weighted by atomic mass is 127. The average Bonchev–Trinajstić information content (AvgIpc) is 2.70. The highest BCUT2D eigenvalue weighted by Crippen LogP contribution is 2.16. The molecule has 0 aromatic heterocycles. The third-order valence-electron chi connectivity index (χ3n) is 4.92. The molecule has 0 bridgehead atoms. The van der Waals surface area contributed by atoms with E-state index in [-0.39, 0.29) is 42.9 Å². The van der Waals surface area contributed by atoms with Crippen LogP contribution >= 0.6 is 24.0 Å². The molecule has 2 atom stereocenters. The second kappa shape index (κ2) is 14.8. The summed E-state index contributed by atoms with van der Waals surface area (Å²) >= 11 is 0. The lowest BCUT2D eigenvalue weighted by Gasteiger charge is -2.33. The molecule has 1 saturated heterocycles. The number of likely N-dealkylation sites (tertiary alicyclic amines) is 1. The van der Waals surface area contributed by atoms with Crippen molar-refractivity contribution in [3.63, 3.8) is 0 Å². The summed E-state index contributed by atoms with van der Waals surface area (Å²) in [5.74, 6) is 0.921. The Morgan fingerprint density at radius 3 is 2.76 bits per heavy atom. The second-order valence-electron chi connectivity index (χ2n) is 7.30. The Bertz CT molecular complexity index is 589. The molecule has 1 aliphatic heterocycles. The largest absolute Gasteiger partial charge is 0.491 e. The number of nitrogens with zero attached hydrogens (tertiary/aromatic N) is 2. The summed E-state index contributed by atoms with van der Waals surface area (Å²) in [5.41, 5.74) is 0. The third kappa shape index (κ3) is 10.5. The molecule has 1 aromatic rings. The smallest absolute Gasteiger partial charge is 0.191 e. The summed E-state index contributed by atoms with van der Waals surface area (Å²) in [4.78, 5) is 6.99. The molecule has 0 spiro atoms. The van der Waals surface area contributed by atoms with Crippen molar-refractivity contribution in [3.8, 4) is 5.75 Å². The maximum absolute atomic E-state index is 12.9. The normalized spacial score (nSPS) is 18.6. The lowest BCUT2D eigenvalue weighted by molar-refractivity contribution is 0.114. The first-order valence-corrected chi connectivity index (χ1v) is 10.4. The average molecular weight is 522 g/mol. The van der Waals surface area contributed by atoms with Crippen LogP contribution in [0.1, 0.15) is 39.5 Å². The first kappa shape index (κ1) is 25.9. The monoisotopic (exact) mass is 522 g/mol. The number of aliphatic hydroxyl groups excluding tert-OH is 1. The summed E-state index contributed by atoms with van der Waals surface area (Å²) in [6.07, 6.45) is 4.29. The molecule has 2 rings (SSSR count). The van der Waals surface area contributed by atoms with Crippen LogP contribution < -0.4 is 15.4 Å². The number of hydrogen-bond acceptors (Lipinski definition) is 4. The summed E-state index contributed by atoms with van der Waals surface area (Å²) in [7, 11) is 0. The predicted molar refractivity (Wildman–Crippen MR) is 127 cm³/mol. The van der Waals surface area contributed by atoms with Gasteiger partial charge in [0, 0.05) is 25.7 Å². The van der Waals surface area contributed by atoms with Crippen LogP contribution in [-0.4, -0.2) is 67.4 Å². The second-order valence-corrected chi connectivity index (χ2v) is 7.30. The maximum Gasteiger partial charge on any atom is 0.191 e. The molecule has 6 nitrogen and oxygen atoms in total. The van der Waals surface area contributed by atoms with Crippen LogP contribution in [0.3, 0.4) is 0 Å². The minimum atomic E-state index is -0.727. The van der Waals surface area contributed by atoms with E-state index in [2.05, 4.69) is 27.4 Å². The van der Waals surface area contributed by atoms with Gasteiger partial charge in [0.05, 0.1) is 6.54 Å². The number of benzene rings is 1. The van der Waals surface area contributed by atoms with E-state index < -0.39 is 6.10 Å². The lowest BCUT2D eigenvalue weighted by atomic mass is 10.0. The molecule has 1 heterocycles. The van der Waals surface area contributed by atoms with E-state index in [1.165, 1.54) is 37.9 Å². The Kier molecular flexibility index (Phi) is 13.2. The SMILES string of the molecule is CCNC(=NCC(O)COc1ccc(F)cc1)NCCCN1CCCCC1C.I. The van der Waals surface area contributed by atoms with Gasteiger partial charge in [0.2, 0.25) is 0 Å². The molecule has 29 heavy (non-hydrogen) atoms. The van der Waals surface area contributed by atoms with Gasteiger partial charge < -0.3 is 25.4 Å². The minimum Gasteiger partial charge on any atom is -0.491 e. The van der Waals surface area contributed by atoms with E-state index in [1.807, 2.05) is 6.92 Å². The van der Waals surface area contributed by atoms with Gasteiger partial charge in [-0.15, -0.1) is 24.0 Å². The van der Waals surface area contributed by atoms with Gasteiger partial charge in [-0.3, -0.25) is 4.99 Å². The summed E-state index contributed by atoms with van der Waals surface area (Å²) in [6.45, 7) is 8.58.